The number of pyridine rings is 2. The number of β-lactam (4-membered cyclic amide) rings is 1. The second-order valence-corrected chi connectivity index (χ2v) is 10.5. The quantitative estimate of drug-likeness (QED) is 0.283. The van der Waals surface area contributed by atoms with E-state index in [4.69, 9.17) is 9.47 Å². The van der Waals surface area contributed by atoms with Crippen LogP contribution in [0.4, 0.5) is 0 Å². The lowest BCUT2D eigenvalue weighted by atomic mass is 10.0. The number of ether oxygens (including phenoxy) is 2. The van der Waals surface area contributed by atoms with Gasteiger partial charge in [0.05, 0.1) is 5.39 Å². The van der Waals surface area contributed by atoms with Crippen LogP contribution in [0.25, 0.3) is 11.0 Å². The van der Waals surface area contributed by atoms with E-state index in [-0.39, 0.29) is 34.6 Å². The summed E-state index contributed by atoms with van der Waals surface area (Å²) < 4.78 is 12.5. The molecule has 0 spiro atoms. The zero-order valence-corrected chi connectivity index (χ0v) is 23.0. The van der Waals surface area contributed by atoms with Crippen molar-refractivity contribution in [1.29, 1.82) is 0 Å². The van der Waals surface area contributed by atoms with Crippen LogP contribution in [0.15, 0.2) is 64.7 Å². The third-order valence-corrected chi connectivity index (χ3v) is 8.02. The molecule has 41 heavy (non-hydrogen) atoms. The number of carboxylic acids is 1. The SMILES string of the molecule is CCn1cc(C(=O)OCC2=C(C(=O)O)N3C(=O)[C@@H](NC(=O)COc4ccccc4)C3SC2)c(=O)c2ccc(C)nc21. The van der Waals surface area contributed by atoms with E-state index < -0.39 is 47.2 Å². The zero-order chi connectivity index (χ0) is 29.3. The highest BCUT2D eigenvalue weighted by molar-refractivity contribution is 8.00. The molecule has 2 atom stereocenters. The van der Waals surface area contributed by atoms with Gasteiger partial charge in [0.2, 0.25) is 5.43 Å². The van der Waals surface area contributed by atoms with Crippen LogP contribution >= 0.6 is 11.8 Å². The molecule has 2 aliphatic rings. The molecular formula is C28H26N4O8S. The number of amides is 2. The lowest BCUT2D eigenvalue weighted by molar-refractivity contribution is -0.151. The number of thioether (sulfide) groups is 1. The molecular weight excluding hydrogens is 552 g/mol. The van der Waals surface area contributed by atoms with Gasteiger partial charge in [0.25, 0.3) is 11.8 Å². The summed E-state index contributed by atoms with van der Waals surface area (Å²) in [6, 6.07) is 11.1. The van der Waals surface area contributed by atoms with E-state index in [1.165, 1.54) is 18.0 Å². The smallest absolute Gasteiger partial charge is 0.352 e. The molecule has 0 saturated carbocycles. The Morgan fingerprint density at radius 2 is 1.90 bits per heavy atom. The van der Waals surface area contributed by atoms with E-state index in [1.54, 1.807) is 47.9 Å². The van der Waals surface area contributed by atoms with Gasteiger partial charge >= 0.3 is 11.9 Å². The highest BCUT2D eigenvalue weighted by Crippen LogP contribution is 2.40. The van der Waals surface area contributed by atoms with E-state index in [0.29, 0.717) is 17.9 Å². The summed E-state index contributed by atoms with van der Waals surface area (Å²) in [5.74, 6) is -2.77. The van der Waals surface area contributed by atoms with Crippen molar-refractivity contribution in [1.82, 2.24) is 19.8 Å². The first-order valence-corrected chi connectivity index (χ1v) is 13.8. The topological polar surface area (TPSA) is 157 Å². The molecule has 2 amide bonds. The van der Waals surface area contributed by atoms with Gasteiger partial charge < -0.3 is 24.5 Å². The molecule has 212 valence electrons. The first-order valence-electron chi connectivity index (χ1n) is 12.7. The Morgan fingerprint density at radius 1 is 1.15 bits per heavy atom. The maximum Gasteiger partial charge on any atom is 0.352 e. The Hall–Kier alpha value is -4.65. The molecule has 12 nitrogen and oxygen atoms in total. The lowest BCUT2D eigenvalue weighted by Crippen LogP contribution is -2.71. The molecule has 2 N–H and O–H groups in total. The average molecular weight is 579 g/mol. The van der Waals surface area contributed by atoms with Crippen molar-refractivity contribution in [3.8, 4) is 5.75 Å². The number of carbonyl (C=O) groups excluding carboxylic acids is 3. The van der Waals surface area contributed by atoms with E-state index >= 15 is 0 Å². The number of carboxylic acid groups (broad SMARTS) is 1. The minimum Gasteiger partial charge on any atom is -0.484 e. The van der Waals surface area contributed by atoms with Crippen LogP contribution in [-0.2, 0) is 25.7 Å². The number of aliphatic carboxylic acids is 1. The number of fused-ring (bicyclic) bond motifs is 2. The Morgan fingerprint density at radius 3 is 2.61 bits per heavy atom. The molecule has 0 radical (unpaired) electrons. The van der Waals surface area contributed by atoms with Gasteiger partial charge in [0.1, 0.15) is 40.7 Å². The molecule has 4 heterocycles. The number of rotatable bonds is 9. The predicted octanol–water partition coefficient (Wildman–Crippen LogP) is 1.70. The van der Waals surface area contributed by atoms with Crippen LogP contribution in [0.2, 0.25) is 0 Å². The van der Waals surface area contributed by atoms with Crippen molar-refractivity contribution < 1.29 is 33.8 Å². The minimum atomic E-state index is -1.37. The largest absolute Gasteiger partial charge is 0.484 e. The van der Waals surface area contributed by atoms with Gasteiger partial charge in [-0.25, -0.2) is 14.6 Å². The highest BCUT2D eigenvalue weighted by Gasteiger charge is 2.54. The number of carbonyl (C=O) groups is 4. The number of nitrogens with one attached hydrogen (secondary N) is 1. The van der Waals surface area contributed by atoms with E-state index in [1.807, 2.05) is 13.0 Å². The van der Waals surface area contributed by atoms with Crippen LogP contribution in [0.1, 0.15) is 23.0 Å². The number of benzene rings is 1. The number of esters is 1. The third-order valence-electron chi connectivity index (χ3n) is 6.68. The Bertz CT molecular complexity index is 1650. The van der Waals surface area contributed by atoms with E-state index in [2.05, 4.69) is 10.3 Å². The van der Waals surface area contributed by atoms with Crippen molar-refractivity contribution in [2.45, 2.75) is 31.8 Å². The normalized spacial score (nSPS) is 18.0. The van der Waals surface area contributed by atoms with Crippen LogP contribution in [0, 0.1) is 6.92 Å². The molecule has 1 aromatic carbocycles. The number of aryl methyl sites for hydroxylation is 2. The van der Waals surface area contributed by atoms with Crippen molar-refractivity contribution >= 4 is 46.5 Å². The first-order chi connectivity index (χ1) is 19.7. The first kappa shape index (κ1) is 27.9. The second-order valence-electron chi connectivity index (χ2n) is 9.37. The molecule has 5 rings (SSSR count). The second kappa shape index (κ2) is 11.5. The van der Waals surface area contributed by atoms with Crippen LogP contribution in [0.3, 0.4) is 0 Å². The van der Waals surface area contributed by atoms with E-state index in [0.717, 1.165) is 10.6 Å². The molecule has 3 aromatic rings. The van der Waals surface area contributed by atoms with Gasteiger partial charge in [-0.15, -0.1) is 11.8 Å². The summed E-state index contributed by atoms with van der Waals surface area (Å²) in [6.45, 7) is 3.36. The fourth-order valence-electron chi connectivity index (χ4n) is 4.65. The fourth-order valence-corrected chi connectivity index (χ4v) is 5.98. The molecule has 2 aliphatic heterocycles. The summed E-state index contributed by atoms with van der Waals surface area (Å²) in [5.41, 5.74) is 0.320. The summed E-state index contributed by atoms with van der Waals surface area (Å²) in [4.78, 5) is 68.8. The molecule has 0 aliphatic carbocycles. The maximum absolute atomic E-state index is 13.0. The molecule has 1 fully saturated rings. The minimum absolute atomic E-state index is 0.135. The fraction of sp³-hybridized carbons (Fsp3) is 0.286. The number of aromatic nitrogens is 2. The molecule has 2 aromatic heterocycles. The number of nitrogens with zero attached hydrogens (tertiary/aromatic N) is 3. The molecule has 0 bridgehead atoms. The van der Waals surface area contributed by atoms with Gasteiger partial charge in [-0.3, -0.25) is 19.3 Å². The van der Waals surface area contributed by atoms with Gasteiger partial charge in [0, 0.05) is 29.8 Å². The Kier molecular flexibility index (Phi) is 7.79. The van der Waals surface area contributed by atoms with Crippen LogP contribution in [-0.4, -0.2) is 73.7 Å². The monoisotopic (exact) mass is 578 g/mol. The summed E-state index contributed by atoms with van der Waals surface area (Å²) in [7, 11) is 0. The average Bonchev–Trinajstić information content (AvgIpc) is 2.97. The van der Waals surface area contributed by atoms with Crippen LogP contribution in [0.5, 0.6) is 5.75 Å². The molecule has 1 unspecified atom stereocenters. The summed E-state index contributed by atoms with van der Waals surface area (Å²) in [5, 5.41) is 12.1. The zero-order valence-electron chi connectivity index (χ0n) is 22.2. The Balaban J connectivity index is 1.28. The summed E-state index contributed by atoms with van der Waals surface area (Å²) in [6.07, 6.45) is 1.38. The van der Waals surface area contributed by atoms with Gasteiger partial charge in [-0.1, -0.05) is 18.2 Å². The predicted molar refractivity (Wildman–Crippen MR) is 148 cm³/mol. The van der Waals surface area contributed by atoms with Gasteiger partial charge in [-0.05, 0) is 38.1 Å². The molecule has 13 heteroatoms. The summed E-state index contributed by atoms with van der Waals surface area (Å²) >= 11 is 1.23. The van der Waals surface area contributed by atoms with Crippen molar-refractivity contribution in [3.63, 3.8) is 0 Å². The molecule has 1 saturated heterocycles. The Labute approximate surface area is 237 Å². The lowest BCUT2D eigenvalue weighted by Gasteiger charge is -2.49. The number of hydrogen-bond donors (Lipinski definition) is 2. The highest BCUT2D eigenvalue weighted by atomic mass is 32.2. The third kappa shape index (κ3) is 5.40. The number of hydrogen-bond acceptors (Lipinski definition) is 9. The van der Waals surface area contributed by atoms with E-state index in [9.17, 15) is 29.1 Å². The standard InChI is InChI=1S/C28H26N4O8S/c1-3-31-11-19(23(34)18-10-9-15(2)29-24(18)31)28(38)40-12-16-14-41-26-21(25(35)32(26)22(16)27(36)37)30-20(33)13-39-17-7-5-4-6-8-17/h4-11,21,26H,3,12-14H2,1-2H3,(H,30,33)(H,36,37)/t21-,26?/m1/s1. The van der Waals surface area contributed by atoms with Gasteiger partial charge in [-0.2, -0.15) is 0 Å². The maximum atomic E-state index is 13.0. The van der Waals surface area contributed by atoms with Crippen molar-refractivity contribution in [2.24, 2.45) is 0 Å². The van der Waals surface area contributed by atoms with Crippen molar-refractivity contribution in [2.75, 3.05) is 19.0 Å². The number of para-hydroxylation sites is 1. The van der Waals surface area contributed by atoms with Gasteiger partial charge in [0.15, 0.2) is 6.61 Å². The van der Waals surface area contributed by atoms with Crippen LogP contribution < -0.4 is 15.5 Å². The van der Waals surface area contributed by atoms with Crippen molar-refractivity contribution in [3.05, 3.63) is 81.4 Å².